The van der Waals surface area contributed by atoms with Crippen LogP contribution in [0.15, 0.2) is 24.8 Å². The summed E-state index contributed by atoms with van der Waals surface area (Å²) in [7, 11) is 0. The second kappa shape index (κ2) is 5.60. The lowest BCUT2D eigenvalue weighted by molar-refractivity contribution is -0.146. The Bertz CT molecular complexity index is 458. The van der Waals surface area contributed by atoms with E-state index >= 15 is 0 Å². The summed E-state index contributed by atoms with van der Waals surface area (Å²) in [5.74, 6) is 0.940. The van der Waals surface area contributed by atoms with Crippen molar-refractivity contribution in [3.05, 3.63) is 24.8 Å². The van der Waals surface area contributed by atoms with Gasteiger partial charge in [0.2, 0.25) is 0 Å². The third kappa shape index (κ3) is 2.57. The van der Waals surface area contributed by atoms with E-state index in [1.807, 2.05) is 6.08 Å². The van der Waals surface area contributed by atoms with Crippen LogP contribution in [0.25, 0.3) is 0 Å². The number of carbonyl (C=O) groups excluding carboxylic acids is 1. The van der Waals surface area contributed by atoms with Crippen molar-refractivity contribution >= 4 is 5.97 Å². The van der Waals surface area contributed by atoms with Gasteiger partial charge in [0.05, 0.1) is 5.92 Å². The quantitative estimate of drug-likeness (QED) is 0.491. The summed E-state index contributed by atoms with van der Waals surface area (Å²) in [4.78, 5) is 12.2. The minimum absolute atomic E-state index is 0.00517. The Balaban J connectivity index is 1.75. The number of allylic oxidation sites excluding steroid dienone is 1. The molecule has 1 heterocycles. The van der Waals surface area contributed by atoms with Crippen molar-refractivity contribution in [2.24, 2.45) is 23.2 Å². The highest BCUT2D eigenvalue weighted by molar-refractivity contribution is 5.75. The van der Waals surface area contributed by atoms with E-state index in [9.17, 15) is 4.79 Å². The molecule has 5 atom stereocenters. The van der Waals surface area contributed by atoms with Crippen LogP contribution in [0.3, 0.4) is 0 Å². The molecule has 2 saturated carbocycles. The van der Waals surface area contributed by atoms with E-state index in [0.717, 1.165) is 25.8 Å². The van der Waals surface area contributed by atoms with Crippen LogP contribution in [0.5, 0.6) is 0 Å². The lowest BCUT2D eigenvalue weighted by Crippen LogP contribution is -2.45. The normalized spacial score (nSPS) is 42.1. The molecule has 1 saturated heterocycles. The van der Waals surface area contributed by atoms with E-state index in [1.165, 1.54) is 18.4 Å². The number of ether oxygens (including phenoxy) is 1. The van der Waals surface area contributed by atoms with Crippen LogP contribution < -0.4 is 5.32 Å². The van der Waals surface area contributed by atoms with Gasteiger partial charge >= 0.3 is 5.97 Å². The zero-order valence-corrected chi connectivity index (χ0v) is 13.1. The molecule has 116 valence electrons. The molecule has 2 aliphatic carbocycles. The molecule has 0 amide bonds. The van der Waals surface area contributed by atoms with Crippen molar-refractivity contribution in [3.8, 4) is 0 Å². The molecule has 3 heteroatoms. The molecule has 3 aliphatic rings. The van der Waals surface area contributed by atoms with Crippen molar-refractivity contribution in [3.63, 3.8) is 0 Å². The van der Waals surface area contributed by atoms with Gasteiger partial charge < -0.3 is 10.1 Å². The van der Waals surface area contributed by atoms with E-state index in [1.54, 1.807) is 0 Å². The molecule has 0 spiro atoms. The Morgan fingerprint density at radius 2 is 2.33 bits per heavy atom. The van der Waals surface area contributed by atoms with Gasteiger partial charge in [-0.05, 0) is 43.4 Å². The van der Waals surface area contributed by atoms with Crippen LogP contribution in [-0.4, -0.2) is 25.2 Å². The van der Waals surface area contributed by atoms with Crippen LogP contribution in [0.2, 0.25) is 0 Å². The number of esters is 1. The molecule has 0 aromatic rings. The molecule has 0 radical (unpaired) electrons. The fourth-order valence-electron chi connectivity index (χ4n) is 4.83. The molecule has 1 aliphatic heterocycles. The standard InChI is InChI=1S/C18H27NO2/c1-4-8-19-11-14-13-9-15-12(2)6-5-7-18(15,3)10-16(13)21-17(14)20/h4,13-16,19H,1-2,5-11H2,3H3/t13-,14-,15-,16-,18-/m1/s1. The SMILES string of the molecule is C=CCNC[C@H]1C(=O)O[C@@H]2C[C@@]3(C)CCCC(=C)[C@H]3C[C@@H]21. The third-order valence-corrected chi connectivity index (χ3v) is 5.97. The van der Waals surface area contributed by atoms with Crippen molar-refractivity contribution in [2.75, 3.05) is 13.1 Å². The van der Waals surface area contributed by atoms with Crippen LogP contribution >= 0.6 is 0 Å². The van der Waals surface area contributed by atoms with Gasteiger partial charge in [0.1, 0.15) is 6.10 Å². The molecule has 3 fully saturated rings. The van der Waals surface area contributed by atoms with Gasteiger partial charge in [-0.1, -0.05) is 25.2 Å². The number of hydrogen-bond donors (Lipinski definition) is 1. The molecule has 3 rings (SSSR count). The number of hydrogen-bond acceptors (Lipinski definition) is 3. The van der Waals surface area contributed by atoms with Crippen LogP contribution in [0.4, 0.5) is 0 Å². The number of rotatable bonds is 4. The summed E-state index contributed by atoms with van der Waals surface area (Å²) < 4.78 is 5.72. The highest BCUT2D eigenvalue weighted by Crippen LogP contribution is 2.56. The maximum Gasteiger partial charge on any atom is 0.310 e. The summed E-state index contributed by atoms with van der Waals surface area (Å²) in [5.41, 5.74) is 1.69. The number of carbonyl (C=O) groups is 1. The van der Waals surface area contributed by atoms with E-state index < -0.39 is 0 Å². The Morgan fingerprint density at radius 3 is 3.10 bits per heavy atom. The Hall–Kier alpha value is -1.09. The minimum Gasteiger partial charge on any atom is -0.462 e. The first-order valence-corrected chi connectivity index (χ1v) is 8.25. The molecule has 21 heavy (non-hydrogen) atoms. The molecule has 3 nitrogen and oxygen atoms in total. The second-order valence-electron chi connectivity index (χ2n) is 7.35. The predicted molar refractivity (Wildman–Crippen MR) is 83.7 cm³/mol. The molecule has 1 N–H and O–H groups in total. The lowest BCUT2D eigenvalue weighted by Gasteiger charge is -2.50. The fourth-order valence-corrected chi connectivity index (χ4v) is 4.83. The fraction of sp³-hybridized carbons (Fsp3) is 0.722. The zero-order chi connectivity index (χ0) is 15.0. The molecule has 0 aromatic heterocycles. The van der Waals surface area contributed by atoms with E-state index in [-0.39, 0.29) is 18.0 Å². The van der Waals surface area contributed by atoms with Crippen molar-refractivity contribution in [2.45, 2.75) is 45.1 Å². The molecular formula is C18H27NO2. The maximum atomic E-state index is 12.2. The van der Waals surface area contributed by atoms with Gasteiger partial charge in [-0.2, -0.15) is 0 Å². The second-order valence-corrected chi connectivity index (χ2v) is 7.35. The third-order valence-electron chi connectivity index (χ3n) is 5.97. The number of nitrogens with one attached hydrogen (secondary N) is 1. The van der Waals surface area contributed by atoms with Crippen LogP contribution in [0.1, 0.15) is 39.0 Å². The highest BCUT2D eigenvalue weighted by atomic mass is 16.6. The Kier molecular flexibility index (Phi) is 3.96. The van der Waals surface area contributed by atoms with Gasteiger partial charge in [-0.3, -0.25) is 4.79 Å². The first-order chi connectivity index (χ1) is 10.0. The lowest BCUT2D eigenvalue weighted by atomic mass is 9.55. The average molecular weight is 289 g/mol. The van der Waals surface area contributed by atoms with Crippen molar-refractivity contribution in [1.82, 2.24) is 5.32 Å². The maximum absolute atomic E-state index is 12.2. The summed E-state index contributed by atoms with van der Waals surface area (Å²) in [6.07, 6.45) is 7.69. The van der Waals surface area contributed by atoms with Gasteiger partial charge in [0.15, 0.2) is 0 Å². The molecule has 0 unspecified atom stereocenters. The summed E-state index contributed by atoms with van der Waals surface area (Å²) in [6, 6.07) is 0. The predicted octanol–water partition coefficient (Wildman–Crippen LogP) is 3.08. The topological polar surface area (TPSA) is 38.3 Å². The summed E-state index contributed by atoms with van der Waals surface area (Å²) >= 11 is 0. The van der Waals surface area contributed by atoms with Gasteiger partial charge in [-0.25, -0.2) is 0 Å². The molecule has 0 bridgehead atoms. The number of fused-ring (bicyclic) bond motifs is 2. The van der Waals surface area contributed by atoms with Crippen molar-refractivity contribution in [1.29, 1.82) is 0 Å². The monoisotopic (exact) mass is 289 g/mol. The average Bonchev–Trinajstić information content (AvgIpc) is 2.72. The van der Waals surface area contributed by atoms with Crippen LogP contribution in [0, 0.1) is 23.2 Å². The van der Waals surface area contributed by atoms with Gasteiger partial charge in [0, 0.05) is 19.0 Å². The smallest absolute Gasteiger partial charge is 0.310 e. The van der Waals surface area contributed by atoms with E-state index in [4.69, 9.17) is 4.74 Å². The van der Waals surface area contributed by atoms with Gasteiger partial charge in [0.25, 0.3) is 0 Å². The first kappa shape index (κ1) is 14.8. The molecule has 0 aromatic carbocycles. The Labute approximate surface area is 127 Å². The van der Waals surface area contributed by atoms with Gasteiger partial charge in [-0.15, -0.1) is 6.58 Å². The zero-order valence-electron chi connectivity index (χ0n) is 13.1. The van der Waals surface area contributed by atoms with E-state index in [0.29, 0.717) is 23.8 Å². The van der Waals surface area contributed by atoms with Crippen molar-refractivity contribution < 1.29 is 9.53 Å². The van der Waals surface area contributed by atoms with E-state index in [2.05, 4.69) is 25.4 Å². The Morgan fingerprint density at radius 1 is 1.52 bits per heavy atom. The largest absolute Gasteiger partial charge is 0.462 e. The highest BCUT2D eigenvalue weighted by Gasteiger charge is 2.54. The first-order valence-electron chi connectivity index (χ1n) is 8.25. The van der Waals surface area contributed by atoms with Crippen LogP contribution in [-0.2, 0) is 9.53 Å². The minimum atomic E-state index is -0.00517. The summed E-state index contributed by atoms with van der Waals surface area (Å²) in [6.45, 7) is 11.9. The summed E-state index contributed by atoms with van der Waals surface area (Å²) in [5, 5.41) is 3.29. The molecular weight excluding hydrogens is 262 g/mol.